The quantitative estimate of drug-likeness (QED) is 0.783. The average molecular weight is 418 g/mol. The summed E-state index contributed by atoms with van der Waals surface area (Å²) in [5, 5.41) is 10.2. The summed E-state index contributed by atoms with van der Waals surface area (Å²) in [6, 6.07) is 3.89. The number of aliphatic hydroxyl groups is 1. The molecule has 1 aromatic carbocycles. The number of aromatic nitrogens is 1. The Morgan fingerprint density at radius 2 is 1.90 bits per heavy atom. The predicted molar refractivity (Wildman–Crippen MR) is 107 cm³/mol. The molecule has 1 saturated heterocycles. The SMILES string of the molecule is COc1cc(F)c([C@H]2CC(=O)N(c3c(C)ccn(CC(O)C4CC4)c3=O)C2)c(F)c1. The second-order valence-electron chi connectivity index (χ2n) is 8.12. The number of methoxy groups -OCH3 is 1. The molecular formula is C22H24F2N2O4. The molecule has 1 amide bonds. The van der Waals surface area contributed by atoms with Crippen molar-refractivity contribution in [3.8, 4) is 5.75 Å². The molecule has 8 heteroatoms. The summed E-state index contributed by atoms with van der Waals surface area (Å²) < 4.78 is 35.3. The summed E-state index contributed by atoms with van der Waals surface area (Å²) >= 11 is 0. The van der Waals surface area contributed by atoms with Crippen LogP contribution in [0.1, 0.15) is 36.3 Å². The highest BCUT2D eigenvalue weighted by molar-refractivity contribution is 5.97. The van der Waals surface area contributed by atoms with E-state index in [9.17, 15) is 23.5 Å². The molecule has 30 heavy (non-hydrogen) atoms. The first-order valence-electron chi connectivity index (χ1n) is 10.0. The molecule has 1 aliphatic heterocycles. The van der Waals surface area contributed by atoms with Crippen LogP contribution in [0.25, 0.3) is 0 Å². The van der Waals surface area contributed by atoms with Gasteiger partial charge in [0.2, 0.25) is 5.91 Å². The van der Waals surface area contributed by atoms with Crippen LogP contribution < -0.4 is 15.2 Å². The van der Waals surface area contributed by atoms with Gasteiger partial charge in [-0.2, -0.15) is 0 Å². The minimum atomic E-state index is -0.777. The highest BCUT2D eigenvalue weighted by Gasteiger charge is 2.37. The fourth-order valence-corrected chi connectivity index (χ4v) is 4.14. The van der Waals surface area contributed by atoms with Crippen molar-refractivity contribution in [2.45, 2.75) is 44.8 Å². The highest BCUT2D eigenvalue weighted by Crippen LogP contribution is 2.36. The summed E-state index contributed by atoms with van der Waals surface area (Å²) in [5.41, 5.74) is 0.230. The molecule has 0 spiro atoms. The van der Waals surface area contributed by atoms with Gasteiger partial charge in [0.05, 0.1) is 19.8 Å². The van der Waals surface area contributed by atoms with E-state index < -0.39 is 23.7 Å². The van der Waals surface area contributed by atoms with Crippen molar-refractivity contribution in [1.82, 2.24) is 4.57 Å². The van der Waals surface area contributed by atoms with Gasteiger partial charge in [0.25, 0.3) is 5.56 Å². The van der Waals surface area contributed by atoms with Crippen molar-refractivity contribution in [3.63, 3.8) is 0 Å². The number of ether oxygens (including phenoxy) is 1. The monoisotopic (exact) mass is 418 g/mol. The standard InChI is InChI=1S/C22H24F2N2O4/c1-12-5-6-25(11-18(27)13-3-4-13)22(29)21(12)26-10-14(7-19(26)28)20-16(23)8-15(30-2)9-17(20)24/h5-6,8-9,13-14,18,27H,3-4,7,10-11H2,1-2H3/t14-,18?/m0/s1. The van der Waals surface area contributed by atoms with Crippen LogP contribution in [0.3, 0.4) is 0 Å². The van der Waals surface area contributed by atoms with E-state index in [-0.39, 0.29) is 53.9 Å². The Kier molecular flexibility index (Phi) is 5.36. The number of aliphatic hydroxyl groups excluding tert-OH is 1. The van der Waals surface area contributed by atoms with E-state index in [2.05, 4.69) is 0 Å². The lowest BCUT2D eigenvalue weighted by Gasteiger charge is -2.21. The molecule has 6 nitrogen and oxygen atoms in total. The Balaban J connectivity index is 1.64. The molecule has 4 rings (SSSR count). The van der Waals surface area contributed by atoms with Gasteiger partial charge < -0.3 is 19.3 Å². The number of hydrogen-bond donors (Lipinski definition) is 1. The fraction of sp³-hybridized carbons (Fsp3) is 0.455. The van der Waals surface area contributed by atoms with Crippen LogP contribution in [0.15, 0.2) is 29.2 Å². The average Bonchev–Trinajstić information content (AvgIpc) is 3.48. The lowest BCUT2D eigenvalue weighted by Crippen LogP contribution is -2.36. The zero-order valence-electron chi connectivity index (χ0n) is 16.9. The van der Waals surface area contributed by atoms with E-state index in [1.54, 1.807) is 19.2 Å². The van der Waals surface area contributed by atoms with Crippen LogP contribution in [0.2, 0.25) is 0 Å². The van der Waals surface area contributed by atoms with Gasteiger partial charge in [0.15, 0.2) is 0 Å². The van der Waals surface area contributed by atoms with Crippen molar-refractivity contribution >= 4 is 11.6 Å². The van der Waals surface area contributed by atoms with Gasteiger partial charge in [0.1, 0.15) is 23.1 Å². The Morgan fingerprint density at radius 1 is 1.23 bits per heavy atom. The second-order valence-corrected chi connectivity index (χ2v) is 8.12. The molecule has 2 aromatic rings. The molecule has 1 aliphatic carbocycles. The number of anilines is 1. The lowest BCUT2D eigenvalue weighted by molar-refractivity contribution is -0.117. The predicted octanol–water partition coefficient (Wildman–Crippen LogP) is 2.73. The molecule has 2 fully saturated rings. The number of carbonyl (C=O) groups excluding carboxylic acids is 1. The third-order valence-electron chi connectivity index (χ3n) is 5.98. The molecule has 1 N–H and O–H groups in total. The zero-order chi connectivity index (χ0) is 21.6. The maximum Gasteiger partial charge on any atom is 0.274 e. The topological polar surface area (TPSA) is 71.8 Å². The molecule has 0 bridgehead atoms. The summed E-state index contributed by atoms with van der Waals surface area (Å²) in [5.74, 6) is -2.36. The minimum absolute atomic E-state index is 0.00424. The third kappa shape index (κ3) is 3.71. The number of halogens is 2. The van der Waals surface area contributed by atoms with Gasteiger partial charge in [-0.25, -0.2) is 8.78 Å². The van der Waals surface area contributed by atoms with Crippen LogP contribution >= 0.6 is 0 Å². The number of benzene rings is 1. The van der Waals surface area contributed by atoms with Gasteiger partial charge in [-0.15, -0.1) is 0 Å². The van der Waals surface area contributed by atoms with Crippen molar-refractivity contribution in [1.29, 1.82) is 0 Å². The van der Waals surface area contributed by atoms with Crippen molar-refractivity contribution in [3.05, 3.63) is 57.5 Å². The maximum absolute atomic E-state index is 14.5. The normalized spacial score (nSPS) is 20.0. The molecule has 2 atom stereocenters. The van der Waals surface area contributed by atoms with Gasteiger partial charge in [-0.05, 0) is 37.3 Å². The first-order valence-corrected chi connectivity index (χ1v) is 10.0. The van der Waals surface area contributed by atoms with Crippen LogP contribution in [0.4, 0.5) is 14.5 Å². The van der Waals surface area contributed by atoms with Crippen LogP contribution in [-0.4, -0.2) is 35.3 Å². The molecular weight excluding hydrogens is 394 g/mol. The van der Waals surface area contributed by atoms with E-state index in [0.717, 1.165) is 25.0 Å². The fourth-order valence-electron chi connectivity index (χ4n) is 4.14. The van der Waals surface area contributed by atoms with Gasteiger partial charge in [-0.1, -0.05) is 0 Å². The highest BCUT2D eigenvalue weighted by atomic mass is 19.1. The summed E-state index contributed by atoms with van der Waals surface area (Å²) in [6.45, 7) is 1.88. The van der Waals surface area contributed by atoms with Gasteiger partial charge in [-0.3, -0.25) is 9.59 Å². The summed E-state index contributed by atoms with van der Waals surface area (Å²) in [6.07, 6.45) is 2.79. The Hall–Kier alpha value is -2.74. The van der Waals surface area contributed by atoms with E-state index >= 15 is 0 Å². The summed E-state index contributed by atoms with van der Waals surface area (Å²) in [7, 11) is 1.32. The van der Waals surface area contributed by atoms with Crippen LogP contribution in [0, 0.1) is 24.5 Å². The minimum Gasteiger partial charge on any atom is -0.497 e. The lowest BCUT2D eigenvalue weighted by atomic mass is 9.97. The van der Waals surface area contributed by atoms with Crippen molar-refractivity contribution in [2.75, 3.05) is 18.6 Å². The number of rotatable bonds is 6. The van der Waals surface area contributed by atoms with E-state index in [1.165, 1.54) is 16.6 Å². The van der Waals surface area contributed by atoms with Crippen LogP contribution in [0.5, 0.6) is 5.75 Å². The Morgan fingerprint density at radius 3 is 2.50 bits per heavy atom. The third-order valence-corrected chi connectivity index (χ3v) is 5.98. The molecule has 2 heterocycles. The Bertz CT molecular complexity index is 1020. The van der Waals surface area contributed by atoms with E-state index in [0.29, 0.717) is 5.56 Å². The molecule has 2 aliphatic rings. The smallest absolute Gasteiger partial charge is 0.274 e. The molecule has 1 unspecified atom stereocenters. The maximum atomic E-state index is 14.5. The van der Waals surface area contributed by atoms with Gasteiger partial charge in [0, 0.05) is 42.8 Å². The first kappa shape index (κ1) is 20.5. The molecule has 1 aromatic heterocycles. The number of pyridine rings is 1. The number of amides is 1. The zero-order valence-corrected chi connectivity index (χ0v) is 16.9. The number of hydrogen-bond acceptors (Lipinski definition) is 4. The second kappa shape index (κ2) is 7.83. The van der Waals surface area contributed by atoms with Crippen molar-refractivity contribution < 1.29 is 23.4 Å². The molecule has 160 valence electrons. The number of carbonyl (C=O) groups is 1. The Labute approximate surface area is 172 Å². The van der Waals surface area contributed by atoms with Gasteiger partial charge >= 0.3 is 0 Å². The number of nitrogens with zero attached hydrogens (tertiary/aromatic N) is 2. The van der Waals surface area contributed by atoms with Crippen LogP contribution in [-0.2, 0) is 11.3 Å². The van der Waals surface area contributed by atoms with Crippen molar-refractivity contribution in [2.24, 2.45) is 5.92 Å². The van der Waals surface area contributed by atoms with E-state index in [1.807, 2.05) is 0 Å². The van der Waals surface area contributed by atoms with E-state index in [4.69, 9.17) is 4.74 Å². The first-order chi connectivity index (χ1) is 14.3. The molecule has 1 saturated carbocycles. The largest absolute Gasteiger partial charge is 0.497 e. The molecule has 0 radical (unpaired) electrons. The summed E-state index contributed by atoms with van der Waals surface area (Å²) in [4.78, 5) is 27.1. The number of aryl methyl sites for hydroxylation is 1.